The molecule has 0 aromatic heterocycles. The molecule has 0 N–H and O–H groups in total. The van der Waals surface area contributed by atoms with Crippen molar-refractivity contribution in [1.29, 1.82) is 0 Å². The maximum atomic E-state index is 12.4. The summed E-state index contributed by atoms with van der Waals surface area (Å²) in [5.74, 6) is 0.350. The Labute approximate surface area is 146 Å². The third-order valence-corrected chi connectivity index (χ3v) is 5.55. The average molecular weight is 356 g/mol. The molecule has 1 aromatic carbocycles. The van der Waals surface area contributed by atoms with Crippen molar-refractivity contribution in [2.24, 2.45) is 5.92 Å². The van der Waals surface area contributed by atoms with Gasteiger partial charge in [0.05, 0.1) is 5.25 Å². The summed E-state index contributed by atoms with van der Waals surface area (Å²) >= 11 is 0. The highest BCUT2D eigenvalue weighted by Gasteiger charge is 2.22. The molecule has 1 aromatic rings. The highest BCUT2D eigenvalue weighted by molar-refractivity contribution is 7.87. The van der Waals surface area contributed by atoms with Gasteiger partial charge in [0.25, 0.3) is 0 Å². The van der Waals surface area contributed by atoms with Gasteiger partial charge in [0.1, 0.15) is 5.75 Å². The molecule has 0 fully saturated rings. The van der Waals surface area contributed by atoms with E-state index in [2.05, 4.69) is 6.92 Å². The van der Waals surface area contributed by atoms with E-state index < -0.39 is 15.4 Å². The molecular weight excluding hydrogens is 326 g/mol. The lowest BCUT2D eigenvalue weighted by Gasteiger charge is -2.30. The van der Waals surface area contributed by atoms with Crippen LogP contribution in [0.25, 0.3) is 0 Å². The zero-order chi connectivity index (χ0) is 18.5. The first-order valence-corrected chi connectivity index (χ1v) is 9.88. The van der Waals surface area contributed by atoms with E-state index in [0.717, 1.165) is 12.0 Å². The summed E-state index contributed by atoms with van der Waals surface area (Å²) in [6.45, 7) is 11.5. The maximum Gasteiger partial charge on any atom is 0.311 e. The molecule has 1 atom stereocenters. The van der Waals surface area contributed by atoms with E-state index in [1.54, 1.807) is 38.1 Å². The minimum atomic E-state index is -3.59. The Bertz CT molecular complexity index is 635. The van der Waals surface area contributed by atoms with Crippen molar-refractivity contribution in [2.75, 3.05) is 0 Å². The van der Waals surface area contributed by atoms with Crippen LogP contribution in [0.4, 0.5) is 0 Å². The number of rotatable bonds is 8. The van der Waals surface area contributed by atoms with Gasteiger partial charge in [-0.25, -0.2) is 0 Å². The summed E-state index contributed by atoms with van der Waals surface area (Å²) in [6, 6.07) is 7.01. The summed E-state index contributed by atoms with van der Waals surface area (Å²) in [5.41, 5.74) is 0.943. The van der Waals surface area contributed by atoms with Crippen molar-refractivity contribution in [2.45, 2.75) is 65.8 Å². The van der Waals surface area contributed by atoms with E-state index in [0.29, 0.717) is 6.54 Å². The lowest BCUT2D eigenvalue weighted by atomic mass is 10.1. The predicted molar refractivity (Wildman–Crippen MR) is 96.3 cm³/mol. The van der Waals surface area contributed by atoms with Crippen LogP contribution in [0.2, 0.25) is 0 Å². The van der Waals surface area contributed by atoms with E-state index in [9.17, 15) is 13.2 Å². The van der Waals surface area contributed by atoms with Crippen molar-refractivity contribution in [3.63, 3.8) is 0 Å². The first kappa shape index (κ1) is 20.5. The molecule has 0 aliphatic heterocycles. The monoisotopic (exact) mass is 355 g/mol. The SMILES string of the molecule is CCC(C)N(Cc1ccc(OS(=O)(=O)C(C)C)cc1)C(=O)C(C)C. The largest absolute Gasteiger partial charge is 0.382 e. The van der Waals surface area contributed by atoms with E-state index in [4.69, 9.17) is 4.18 Å². The van der Waals surface area contributed by atoms with Gasteiger partial charge in [-0.05, 0) is 44.9 Å². The molecule has 0 aliphatic carbocycles. The normalized spacial score (nSPS) is 13.2. The molecule has 0 radical (unpaired) electrons. The Morgan fingerprint density at radius 2 is 1.62 bits per heavy atom. The zero-order valence-electron chi connectivity index (χ0n) is 15.4. The number of amides is 1. The first-order chi connectivity index (χ1) is 11.1. The van der Waals surface area contributed by atoms with Gasteiger partial charge < -0.3 is 9.08 Å². The minimum absolute atomic E-state index is 0.0576. The molecule has 0 spiro atoms. The first-order valence-electron chi connectivity index (χ1n) is 8.41. The van der Waals surface area contributed by atoms with E-state index in [-0.39, 0.29) is 23.6 Å². The van der Waals surface area contributed by atoms with Gasteiger partial charge in [-0.1, -0.05) is 32.9 Å². The molecular formula is C18H29NO4S. The fourth-order valence-corrected chi connectivity index (χ4v) is 2.65. The number of carbonyl (C=O) groups is 1. The van der Waals surface area contributed by atoms with Crippen LogP contribution in [0, 0.1) is 5.92 Å². The summed E-state index contributed by atoms with van der Waals surface area (Å²) in [6.07, 6.45) is 0.881. The highest BCUT2D eigenvalue weighted by atomic mass is 32.2. The molecule has 24 heavy (non-hydrogen) atoms. The van der Waals surface area contributed by atoms with E-state index in [1.807, 2.05) is 25.7 Å². The van der Waals surface area contributed by atoms with Gasteiger partial charge in [0.15, 0.2) is 0 Å². The van der Waals surface area contributed by atoms with Crippen LogP contribution in [0.1, 0.15) is 53.5 Å². The smallest absolute Gasteiger partial charge is 0.311 e. The number of benzene rings is 1. The number of hydrogen-bond acceptors (Lipinski definition) is 4. The van der Waals surface area contributed by atoms with Gasteiger partial charge in [-0.3, -0.25) is 4.79 Å². The van der Waals surface area contributed by atoms with Gasteiger partial charge in [-0.15, -0.1) is 0 Å². The maximum absolute atomic E-state index is 12.4. The van der Waals surface area contributed by atoms with Crippen molar-refractivity contribution in [3.8, 4) is 5.75 Å². The molecule has 1 amide bonds. The van der Waals surface area contributed by atoms with Crippen LogP contribution in [-0.2, 0) is 21.5 Å². The summed E-state index contributed by atoms with van der Waals surface area (Å²) in [7, 11) is -3.59. The average Bonchev–Trinajstić information content (AvgIpc) is 2.52. The Balaban J connectivity index is 2.89. The lowest BCUT2D eigenvalue weighted by Crippen LogP contribution is -2.40. The second-order valence-corrected chi connectivity index (χ2v) is 8.74. The second kappa shape index (κ2) is 8.51. The molecule has 0 saturated carbocycles. The van der Waals surface area contributed by atoms with Gasteiger partial charge in [0, 0.05) is 18.5 Å². The quantitative estimate of drug-likeness (QED) is 0.669. The molecule has 1 rings (SSSR count). The molecule has 0 heterocycles. The molecule has 0 saturated heterocycles. The Hall–Kier alpha value is -1.56. The van der Waals surface area contributed by atoms with Gasteiger partial charge in [0.2, 0.25) is 5.91 Å². The lowest BCUT2D eigenvalue weighted by molar-refractivity contribution is -0.137. The number of hydrogen-bond donors (Lipinski definition) is 0. The van der Waals surface area contributed by atoms with Crippen LogP contribution < -0.4 is 4.18 Å². The Morgan fingerprint density at radius 3 is 2.04 bits per heavy atom. The van der Waals surface area contributed by atoms with Crippen LogP contribution >= 0.6 is 0 Å². The topological polar surface area (TPSA) is 63.7 Å². The van der Waals surface area contributed by atoms with Crippen molar-refractivity contribution in [3.05, 3.63) is 29.8 Å². The highest BCUT2D eigenvalue weighted by Crippen LogP contribution is 2.19. The van der Waals surface area contributed by atoms with Crippen LogP contribution in [0.15, 0.2) is 24.3 Å². The third-order valence-electron chi connectivity index (χ3n) is 3.97. The van der Waals surface area contributed by atoms with Crippen LogP contribution in [0.3, 0.4) is 0 Å². The predicted octanol–water partition coefficient (Wildman–Crippen LogP) is 3.59. The standard InChI is InChI=1S/C18H29NO4S/c1-7-15(6)19(18(20)13(2)3)12-16-8-10-17(11-9-16)23-24(21,22)14(4)5/h8-11,13-15H,7,12H2,1-6H3. The zero-order valence-corrected chi connectivity index (χ0v) is 16.3. The van der Waals surface area contributed by atoms with Crippen molar-refractivity contribution < 1.29 is 17.4 Å². The van der Waals surface area contributed by atoms with Gasteiger partial charge in [-0.2, -0.15) is 8.42 Å². The molecule has 6 heteroatoms. The second-order valence-electron chi connectivity index (χ2n) is 6.65. The molecule has 1 unspecified atom stereocenters. The third kappa shape index (κ3) is 5.51. The molecule has 0 aliphatic rings. The summed E-state index contributed by atoms with van der Waals surface area (Å²) < 4.78 is 28.6. The molecule has 136 valence electrons. The number of carbonyl (C=O) groups excluding carboxylic acids is 1. The van der Waals surface area contributed by atoms with Crippen LogP contribution in [-0.4, -0.2) is 30.5 Å². The van der Waals surface area contributed by atoms with E-state index >= 15 is 0 Å². The van der Waals surface area contributed by atoms with Crippen molar-refractivity contribution in [1.82, 2.24) is 4.90 Å². The Morgan fingerprint density at radius 1 is 1.08 bits per heavy atom. The molecule has 0 bridgehead atoms. The van der Waals surface area contributed by atoms with Crippen molar-refractivity contribution >= 4 is 16.0 Å². The number of nitrogens with zero attached hydrogens (tertiary/aromatic N) is 1. The summed E-state index contributed by atoms with van der Waals surface area (Å²) in [5, 5.41) is -0.596. The fraction of sp³-hybridized carbons (Fsp3) is 0.611. The fourth-order valence-electron chi connectivity index (χ4n) is 2.08. The minimum Gasteiger partial charge on any atom is -0.382 e. The summed E-state index contributed by atoms with van der Waals surface area (Å²) in [4.78, 5) is 14.3. The van der Waals surface area contributed by atoms with Gasteiger partial charge >= 0.3 is 10.1 Å². The van der Waals surface area contributed by atoms with Crippen LogP contribution in [0.5, 0.6) is 5.75 Å². The molecule has 5 nitrogen and oxygen atoms in total. The van der Waals surface area contributed by atoms with E-state index in [1.165, 1.54) is 0 Å². The Kier molecular flexibility index (Phi) is 7.27.